The third kappa shape index (κ3) is 5.46. The molecule has 0 radical (unpaired) electrons. The number of carbonyl (C=O) groups is 1. The third-order valence-electron chi connectivity index (χ3n) is 3.55. The van der Waals surface area contributed by atoms with E-state index in [9.17, 15) is 4.79 Å². The second-order valence-electron chi connectivity index (χ2n) is 5.22. The molecule has 0 spiro atoms. The van der Waals surface area contributed by atoms with Crippen LogP contribution in [0.2, 0.25) is 0 Å². The lowest BCUT2D eigenvalue weighted by Gasteiger charge is -2.19. The van der Waals surface area contributed by atoms with Crippen LogP contribution in [0.3, 0.4) is 0 Å². The fraction of sp³-hybridized carbons (Fsp3) is 0.562. The summed E-state index contributed by atoms with van der Waals surface area (Å²) >= 11 is 0. The Hall–Kier alpha value is -1.43. The number of rotatable bonds is 6. The van der Waals surface area contributed by atoms with Gasteiger partial charge >= 0.3 is 0 Å². The SMILES string of the molecule is CCOCc1ccccc1NC(=O)CN1CCCNCC1. The molecular weight excluding hydrogens is 266 g/mol. The van der Waals surface area contributed by atoms with E-state index in [1.165, 1.54) is 0 Å². The number of nitrogens with zero attached hydrogens (tertiary/aromatic N) is 1. The molecule has 1 saturated heterocycles. The Morgan fingerprint density at radius 3 is 3.05 bits per heavy atom. The molecule has 0 aromatic heterocycles. The molecule has 1 aliphatic heterocycles. The highest BCUT2D eigenvalue weighted by atomic mass is 16.5. The second-order valence-corrected chi connectivity index (χ2v) is 5.22. The Bertz CT molecular complexity index is 443. The average molecular weight is 291 g/mol. The molecule has 1 fully saturated rings. The lowest BCUT2D eigenvalue weighted by Crippen LogP contribution is -2.35. The van der Waals surface area contributed by atoms with E-state index in [-0.39, 0.29) is 5.91 Å². The summed E-state index contributed by atoms with van der Waals surface area (Å²) in [6, 6.07) is 7.81. The molecule has 0 aliphatic carbocycles. The first-order valence-corrected chi connectivity index (χ1v) is 7.68. The van der Waals surface area contributed by atoms with Gasteiger partial charge in [-0.15, -0.1) is 0 Å². The molecule has 5 nitrogen and oxygen atoms in total. The van der Waals surface area contributed by atoms with Gasteiger partial charge in [0.2, 0.25) is 5.91 Å². The number of anilines is 1. The molecule has 1 amide bonds. The smallest absolute Gasteiger partial charge is 0.238 e. The quantitative estimate of drug-likeness (QED) is 0.833. The Morgan fingerprint density at radius 2 is 2.19 bits per heavy atom. The Kier molecular flexibility index (Phi) is 6.66. The van der Waals surface area contributed by atoms with Gasteiger partial charge in [0.25, 0.3) is 0 Å². The van der Waals surface area contributed by atoms with Crippen molar-refractivity contribution in [1.29, 1.82) is 0 Å². The number of carbonyl (C=O) groups excluding carboxylic acids is 1. The maximum absolute atomic E-state index is 12.2. The second kappa shape index (κ2) is 8.77. The first-order chi connectivity index (χ1) is 10.3. The molecule has 0 saturated carbocycles. The van der Waals surface area contributed by atoms with Crippen molar-refractivity contribution in [3.8, 4) is 0 Å². The predicted octanol–water partition coefficient (Wildman–Crippen LogP) is 1.46. The Morgan fingerprint density at radius 1 is 1.33 bits per heavy atom. The molecular formula is C16H25N3O2. The molecule has 1 aromatic rings. The molecule has 0 atom stereocenters. The molecule has 5 heteroatoms. The van der Waals surface area contributed by atoms with Crippen molar-refractivity contribution < 1.29 is 9.53 Å². The summed E-state index contributed by atoms with van der Waals surface area (Å²) in [5.41, 5.74) is 1.87. The maximum Gasteiger partial charge on any atom is 0.238 e. The lowest BCUT2D eigenvalue weighted by molar-refractivity contribution is -0.117. The first-order valence-electron chi connectivity index (χ1n) is 7.68. The van der Waals surface area contributed by atoms with Crippen molar-refractivity contribution in [2.45, 2.75) is 20.0 Å². The third-order valence-corrected chi connectivity index (χ3v) is 3.55. The molecule has 1 heterocycles. The van der Waals surface area contributed by atoms with Gasteiger partial charge in [0.05, 0.1) is 13.2 Å². The lowest BCUT2D eigenvalue weighted by atomic mass is 10.2. The molecule has 0 unspecified atom stereocenters. The minimum atomic E-state index is 0.0425. The summed E-state index contributed by atoms with van der Waals surface area (Å²) in [7, 11) is 0. The zero-order valence-electron chi connectivity index (χ0n) is 12.7. The van der Waals surface area contributed by atoms with Crippen LogP contribution >= 0.6 is 0 Å². The predicted molar refractivity (Wildman–Crippen MR) is 84.3 cm³/mol. The Labute approximate surface area is 126 Å². The maximum atomic E-state index is 12.2. The van der Waals surface area contributed by atoms with Crippen LogP contribution < -0.4 is 10.6 Å². The first kappa shape index (κ1) is 15.9. The molecule has 21 heavy (non-hydrogen) atoms. The monoisotopic (exact) mass is 291 g/mol. The van der Waals surface area contributed by atoms with Gasteiger partial charge in [-0.05, 0) is 32.5 Å². The van der Waals surface area contributed by atoms with Crippen molar-refractivity contribution in [2.24, 2.45) is 0 Å². The summed E-state index contributed by atoms with van der Waals surface area (Å²) in [4.78, 5) is 14.4. The van der Waals surface area contributed by atoms with E-state index in [1.807, 2.05) is 31.2 Å². The number of hydrogen-bond acceptors (Lipinski definition) is 4. The van der Waals surface area contributed by atoms with Crippen molar-refractivity contribution in [3.05, 3.63) is 29.8 Å². The molecule has 1 aromatic carbocycles. The zero-order valence-corrected chi connectivity index (χ0v) is 12.7. The van der Waals surface area contributed by atoms with E-state index in [2.05, 4.69) is 15.5 Å². The van der Waals surface area contributed by atoms with Crippen molar-refractivity contribution in [3.63, 3.8) is 0 Å². The molecule has 2 N–H and O–H groups in total. The highest BCUT2D eigenvalue weighted by Gasteiger charge is 2.13. The zero-order chi connectivity index (χ0) is 14.9. The number of ether oxygens (including phenoxy) is 1. The van der Waals surface area contributed by atoms with Gasteiger partial charge in [0.15, 0.2) is 0 Å². The van der Waals surface area contributed by atoms with Crippen molar-refractivity contribution >= 4 is 11.6 Å². The van der Waals surface area contributed by atoms with Gasteiger partial charge in [-0.25, -0.2) is 0 Å². The summed E-state index contributed by atoms with van der Waals surface area (Å²) in [6.45, 7) is 7.50. The van der Waals surface area contributed by atoms with Crippen LogP contribution in [0, 0.1) is 0 Å². The minimum Gasteiger partial charge on any atom is -0.377 e. The fourth-order valence-corrected chi connectivity index (χ4v) is 2.43. The number of hydrogen-bond donors (Lipinski definition) is 2. The molecule has 1 aliphatic rings. The number of amides is 1. The highest BCUT2D eigenvalue weighted by Crippen LogP contribution is 2.16. The summed E-state index contributed by atoms with van der Waals surface area (Å²) in [5.74, 6) is 0.0425. The van der Waals surface area contributed by atoms with E-state index in [0.717, 1.165) is 43.9 Å². The fourth-order valence-electron chi connectivity index (χ4n) is 2.43. The number of nitrogens with one attached hydrogen (secondary N) is 2. The normalized spacial score (nSPS) is 16.4. The number of para-hydroxylation sites is 1. The van der Waals surface area contributed by atoms with Crippen LogP contribution in [-0.4, -0.2) is 50.1 Å². The molecule has 2 rings (SSSR count). The molecule has 0 bridgehead atoms. The van der Waals surface area contributed by atoms with E-state index in [1.54, 1.807) is 0 Å². The Balaban J connectivity index is 1.89. The van der Waals surface area contributed by atoms with Gasteiger partial charge in [-0.2, -0.15) is 0 Å². The minimum absolute atomic E-state index is 0.0425. The summed E-state index contributed by atoms with van der Waals surface area (Å²) in [6.07, 6.45) is 1.09. The molecule has 116 valence electrons. The van der Waals surface area contributed by atoms with Crippen LogP contribution in [0.15, 0.2) is 24.3 Å². The van der Waals surface area contributed by atoms with E-state index in [4.69, 9.17) is 4.74 Å². The highest BCUT2D eigenvalue weighted by molar-refractivity contribution is 5.92. The average Bonchev–Trinajstić information content (AvgIpc) is 2.75. The van der Waals surface area contributed by atoms with Gasteiger partial charge in [0, 0.05) is 30.9 Å². The van der Waals surface area contributed by atoms with Crippen LogP contribution in [0.25, 0.3) is 0 Å². The largest absolute Gasteiger partial charge is 0.377 e. The van der Waals surface area contributed by atoms with Gasteiger partial charge in [0.1, 0.15) is 0 Å². The van der Waals surface area contributed by atoms with Gasteiger partial charge in [-0.3, -0.25) is 9.69 Å². The summed E-state index contributed by atoms with van der Waals surface area (Å²) < 4.78 is 5.44. The van der Waals surface area contributed by atoms with Crippen LogP contribution in [0.4, 0.5) is 5.69 Å². The van der Waals surface area contributed by atoms with Gasteiger partial charge < -0.3 is 15.4 Å². The van der Waals surface area contributed by atoms with E-state index in [0.29, 0.717) is 19.8 Å². The van der Waals surface area contributed by atoms with Crippen LogP contribution in [0.5, 0.6) is 0 Å². The topological polar surface area (TPSA) is 53.6 Å². The van der Waals surface area contributed by atoms with Crippen LogP contribution in [-0.2, 0) is 16.1 Å². The standard InChI is InChI=1S/C16H25N3O2/c1-2-21-13-14-6-3-4-7-15(14)18-16(20)12-19-10-5-8-17-9-11-19/h3-4,6-7,17H,2,5,8-13H2,1H3,(H,18,20). The van der Waals surface area contributed by atoms with Crippen LogP contribution in [0.1, 0.15) is 18.9 Å². The van der Waals surface area contributed by atoms with Crippen molar-refractivity contribution in [2.75, 3.05) is 44.6 Å². The van der Waals surface area contributed by atoms with Gasteiger partial charge in [-0.1, -0.05) is 18.2 Å². The van der Waals surface area contributed by atoms with E-state index < -0.39 is 0 Å². The summed E-state index contributed by atoms with van der Waals surface area (Å²) in [5, 5.41) is 6.35. The van der Waals surface area contributed by atoms with E-state index >= 15 is 0 Å². The van der Waals surface area contributed by atoms with Crippen molar-refractivity contribution in [1.82, 2.24) is 10.2 Å². The number of benzene rings is 1.